The van der Waals surface area contributed by atoms with Gasteiger partial charge in [0.05, 0.1) is 11.8 Å². The van der Waals surface area contributed by atoms with Crippen molar-refractivity contribution in [1.82, 2.24) is 20.0 Å². The van der Waals surface area contributed by atoms with Crippen LogP contribution in [-0.4, -0.2) is 46.8 Å². The molecule has 1 aromatic rings. The van der Waals surface area contributed by atoms with Gasteiger partial charge in [-0.1, -0.05) is 0 Å². The van der Waals surface area contributed by atoms with Crippen LogP contribution in [0.5, 0.6) is 0 Å². The van der Waals surface area contributed by atoms with Crippen molar-refractivity contribution in [2.45, 2.75) is 26.2 Å². The molecule has 104 valence electrons. The molecule has 3 heterocycles. The van der Waals surface area contributed by atoms with E-state index in [0.717, 1.165) is 50.3 Å². The van der Waals surface area contributed by atoms with E-state index in [4.69, 9.17) is 0 Å². The lowest BCUT2D eigenvalue weighted by molar-refractivity contribution is 0.0607. The van der Waals surface area contributed by atoms with Crippen LogP contribution in [0.15, 0.2) is 6.20 Å². The highest BCUT2D eigenvalue weighted by atomic mass is 16.2. The minimum Gasteiger partial charge on any atom is -0.339 e. The van der Waals surface area contributed by atoms with E-state index in [9.17, 15) is 4.79 Å². The molecule has 1 spiro atoms. The van der Waals surface area contributed by atoms with Gasteiger partial charge in [0.15, 0.2) is 0 Å². The minimum absolute atomic E-state index is 0.145. The van der Waals surface area contributed by atoms with E-state index in [2.05, 4.69) is 10.4 Å². The van der Waals surface area contributed by atoms with Gasteiger partial charge in [-0.25, -0.2) is 0 Å². The van der Waals surface area contributed by atoms with Crippen molar-refractivity contribution in [2.24, 2.45) is 12.5 Å². The summed E-state index contributed by atoms with van der Waals surface area (Å²) in [7, 11) is 1.88. The van der Waals surface area contributed by atoms with Crippen LogP contribution in [0.25, 0.3) is 0 Å². The quantitative estimate of drug-likeness (QED) is 0.819. The number of rotatable bonds is 1. The van der Waals surface area contributed by atoms with E-state index in [1.165, 1.54) is 6.42 Å². The van der Waals surface area contributed by atoms with Gasteiger partial charge < -0.3 is 10.2 Å². The molecule has 1 amide bonds. The van der Waals surface area contributed by atoms with Gasteiger partial charge in [0.1, 0.15) is 0 Å². The maximum Gasteiger partial charge on any atom is 0.257 e. The van der Waals surface area contributed by atoms with Gasteiger partial charge >= 0.3 is 0 Å². The van der Waals surface area contributed by atoms with E-state index < -0.39 is 0 Å². The predicted octanol–water partition coefficient (Wildman–Crippen LogP) is 0.944. The number of likely N-dealkylation sites (tertiary alicyclic amines) is 1. The van der Waals surface area contributed by atoms with Gasteiger partial charge in [0, 0.05) is 32.4 Å². The zero-order valence-corrected chi connectivity index (χ0v) is 11.8. The number of hydrogen-bond donors (Lipinski definition) is 1. The second kappa shape index (κ2) is 4.63. The first-order valence-electron chi connectivity index (χ1n) is 7.10. The molecule has 0 radical (unpaired) electrons. The van der Waals surface area contributed by atoms with Gasteiger partial charge in [-0.15, -0.1) is 0 Å². The fourth-order valence-electron chi connectivity index (χ4n) is 3.29. The Hall–Kier alpha value is -1.36. The van der Waals surface area contributed by atoms with Gasteiger partial charge in [-0.3, -0.25) is 9.48 Å². The molecular formula is C14H22N4O. The smallest absolute Gasteiger partial charge is 0.257 e. The number of carbonyl (C=O) groups is 1. The van der Waals surface area contributed by atoms with E-state index in [1.54, 1.807) is 10.9 Å². The predicted molar refractivity (Wildman–Crippen MR) is 73.0 cm³/mol. The number of nitrogens with zero attached hydrogens (tertiary/aromatic N) is 3. The van der Waals surface area contributed by atoms with Crippen molar-refractivity contribution in [3.05, 3.63) is 17.5 Å². The highest BCUT2D eigenvalue weighted by molar-refractivity contribution is 5.95. The third-order valence-corrected chi connectivity index (χ3v) is 4.91. The molecule has 1 N–H and O–H groups in total. The van der Waals surface area contributed by atoms with Gasteiger partial charge in [0.2, 0.25) is 0 Å². The summed E-state index contributed by atoms with van der Waals surface area (Å²) in [5.41, 5.74) is 2.16. The van der Waals surface area contributed by atoms with Gasteiger partial charge in [0.25, 0.3) is 5.91 Å². The molecular weight excluding hydrogens is 240 g/mol. The van der Waals surface area contributed by atoms with Crippen molar-refractivity contribution in [3.8, 4) is 0 Å². The Kier molecular flexibility index (Phi) is 3.09. The van der Waals surface area contributed by atoms with Crippen molar-refractivity contribution < 1.29 is 4.79 Å². The fourth-order valence-corrected chi connectivity index (χ4v) is 3.29. The van der Waals surface area contributed by atoms with Crippen LogP contribution < -0.4 is 5.32 Å². The minimum atomic E-state index is 0.145. The number of aryl methyl sites for hydroxylation is 1. The number of piperidine rings is 1. The first kappa shape index (κ1) is 12.7. The first-order valence-corrected chi connectivity index (χ1v) is 7.10. The summed E-state index contributed by atoms with van der Waals surface area (Å²) in [6.07, 6.45) is 5.22. The first-order chi connectivity index (χ1) is 9.11. The average Bonchev–Trinajstić information content (AvgIpc) is 2.99. The molecule has 1 aromatic heterocycles. The van der Waals surface area contributed by atoms with Crippen molar-refractivity contribution >= 4 is 5.91 Å². The van der Waals surface area contributed by atoms with E-state index in [-0.39, 0.29) is 5.91 Å². The summed E-state index contributed by atoms with van der Waals surface area (Å²) in [5, 5.41) is 7.62. The van der Waals surface area contributed by atoms with Gasteiger partial charge in [-0.2, -0.15) is 5.10 Å². The van der Waals surface area contributed by atoms with Gasteiger partial charge in [-0.05, 0) is 38.1 Å². The summed E-state index contributed by atoms with van der Waals surface area (Å²) >= 11 is 0. The second-order valence-corrected chi connectivity index (χ2v) is 5.99. The molecule has 3 rings (SSSR count). The number of hydrogen-bond acceptors (Lipinski definition) is 3. The Morgan fingerprint density at radius 3 is 2.63 bits per heavy atom. The summed E-state index contributed by atoms with van der Waals surface area (Å²) in [6.45, 7) is 5.98. The topological polar surface area (TPSA) is 50.2 Å². The molecule has 2 aliphatic heterocycles. The highest BCUT2D eigenvalue weighted by Crippen LogP contribution is 2.37. The van der Waals surface area contributed by atoms with Crippen molar-refractivity contribution in [3.63, 3.8) is 0 Å². The average molecular weight is 262 g/mol. The lowest BCUT2D eigenvalue weighted by Crippen LogP contribution is -2.44. The molecule has 2 aliphatic rings. The van der Waals surface area contributed by atoms with Crippen LogP contribution in [0.2, 0.25) is 0 Å². The largest absolute Gasteiger partial charge is 0.339 e. The van der Waals surface area contributed by atoms with E-state index in [1.807, 2.05) is 18.9 Å². The second-order valence-electron chi connectivity index (χ2n) is 5.99. The summed E-state index contributed by atoms with van der Waals surface area (Å²) in [6, 6.07) is 0. The molecule has 0 bridgehead atoms. The molecule has 0 atom stereocenters. The van der Waals surface area contributed by atoms with Crippen LogP contribution >= 0.6 is 0 Å². The molecule has 5 nitrogen and oxygen atoms in total. The summed E-state index contributed by atoms with van der Waals surface area (Å²) in [5.74, 6) is 0.145. The van der Waals surface area contributed by atoms with Crippen molar-refractivity contribution in [1.29, 1.82) is 0 Å². The molecule has 5 heteroatoms. The fraction of sp³-hybridized carbons (Fsp3) is 0.714. The Bertz CT molecular complexity index is 478. The standard InChI is InChI=1S/C14H22N4O/c1-11-12(9-16-17(11)2)13(19)18-7-4-14(5-8-18)3-6-15-10-14/h9,15H,3-8,10H2,1-2H3. The molecule has 2 fully saturated rings. The number of nitrogens with one attached hydrogen (secondary N) is 1. The lowest BCUT2D eigenvalue weighted by atomic mass is 9.78. The molecule has 19 heavy (non-hydrogen) atoms. The van der Waals surface area contributed by atoms with Crippen LogP contribution in [0.1, 0.15) is 35.3 Å². The molecule has 2 saturated heterocycles. The molecule has 0 unspecified atom stereocenters. The Morgan fingerprint density at radius 2 is 2.11 bits per heavy atom. The van der Waals surface area contributed by atoms with E-state index >= 15 is 0 Å². The highest BCUT2D eigenvalue weighted by Gasteiger charge is 2.38. The zero-order chi connectivity index (χ0) is 13.5. The SMILES string of the molecule is Cc1c(C(=O)N2CCC3(CCNC3)CC2)cnn1C. The Morgan fingerprint density at radius 1 is 1.37 bits per heavy atom. The number of aromatic nitrogens is 2. The normalized spacial score (nSPS) is 22.1. The van der Waals surface area contributed by atoms with Crippen LogP contribution in [0.3, 0.4) is 0 Å². The molecule has 0 saturated carbocycles. The Balaban J connectivity index is 1.68. The third kappa shape index (κ3) is 2.16. The van der Waals surface area contributed by atoms with Crippen molar-refractivity contribution in [2.75, 3.05) is 26.2 Å². The summed E-state index contributed by atoms with van der Waals surface area (Å²) in [4.78, 5) is 14.5. The van der Waals surface area contributed by atoms with Crippen LogP contribution in [0, 0.1) is 12.3 Å². The number of carbonyl (C=O) groups excluding carboxylic acids is 1. The maximum atomic E-state index is 12.5. The monoisotopic (exact) mass is 262 g/mol. The lowest BCUT2D eigenvalue weighted by Gasteiger charge is -2.38. The third-order valence-electron chi connectivity index (χ3n) is 4.91. The molecule has 0 aliphatic carbocycles. The van der Waals surface area contributed by atoms with E-state index in [0.29, 0.717) is 5.41 Å². The van der Waals surface area contributed by atoms with Crippen LogP contribution in [0.4, 0.5) is 0 Å². The summed E-state index contributed by atoms with van der Waals surface area (Å²) < 4.78 is 1.76. The zero-order valence-electron chi connectivity index (χ0n) is 11.8. The maximum absolute atomic E-state index is 12.5. The Labute approximate surface area is 114 Å². The number of amides is 1. The van der Waals surface area contributed by atoms with Crippen LogP contribution in [-0.2, 0) is 7.05 Å². The molecule has 0 aromatic carbocycles.